The topological polar surface area (TPSA) is 73.2 Å². The first-order valence-corrected chi connectivity index (χ1v) is 7.47. The number of nitrogens with zero attached hydrogens (tertiary/aromatic N) is 2. The third-order valence-corrected chi connectivity index (χ3v) is 3.20. The fourth-order valence-electron chi connectivity index (χ4n) is 2.08. The van der Waals surface area contributed by atoms with E-state index in [2.05, 4.69) is 15.2 Å². The molecule has 0 aliphatic heterocycles. The van der Waals surface area contributed by atoms with E-state index in [0.717, 1.165) is 10.7 Å². The van der Waals surface area contributed by atoms with Gasteiger partial charge in [0.1, 0.15) is 18.1 Å². The number of rotatable bonds is 6. The Balaban J connectivity index is 2.12. The van der Waals surface area contributed by atoms with Gasteiger partial charge in [-0.05, 0) is 19.1 Å². The molecule has 1 amide bonds. The summed E-state index contributed by atoms with van der Waals surface area (Å²) in [7, 11) is 0. The molecule has 6 nitrogen and oxygen atoms in total. The highest BCUT2D eigenvalue weighted by atomic mass is 19.4. The molecule has 0 aliphatic carbocycles. The van der Waals surface area contributed by atoms with Crippen LogP contribution in [0.2, 0.25) is 0 Å². The van der Waals surface area contributed by atoms with E-state index in [0.29, 0.717) is 5.69 Å². The first-order valence-electron chi connectivity index (χ1n) is 7.47. The number of carbonyl (C=O) groups is 1. The molecule has 1 aromatic heterocycles. The first kappa shape index (κ1) is 19.6. The SMILES string of the molecule is Cc1cc(=O)c(C(=O)NCCOCC(F)(F)F)nn1-c1ccccc1F. The first-order chi connectivity index (χ1) is 12.2. The van der Waals surface area contributed by atoms with Gasteiger partial charge < -0.3 is 10.1 Å². The summed E-state index contributed by atoms with van der Waals surface area (Å²) in [4.78, 5) is 24.0. The van der Waals surface area contributed by atoms with Crippen LogP contribution in [0.5, 0.6) is 0 Å². The summed E-state index contributed by atoms with van der Waals surface area (Å²) in [6, 6.07) is 6.79. The molecule has 2 aromatic rings. The van der Waals surface area contributed by atoms with Crippen LogP contribution in [0, 0.1) is 12.7 Å². The van der Waals surface area contributed by atoms with Gasteiger partial charge in [0.2, 0.25) is 5.43 Å². The standard InChI is InChI=1S/C16H15F4N3O3/c1-10-8-13(24)14(15(25)21-6-7-26-9-16(18,19)20)22-23(10)12-5-3-2-4-11(12)17/h2-5,8H,6-7,9H2,1H3,(H,21,25). The number of hydrogen-bond donors (Lipinski definition) is 1. The number of alkyl halides is 3. The van der Waals surface area contributed by atoms with Gasteiger partial charge >= 0.3 is 6.18 Å². The summed E-state index contributed by atoms with van der Waals surface area (Å²) in [5.74, 6) is -1.49. The van der Waals surface area contributed by atoms with Gasteiger partial charge in [-0.15, -0.1) is 0 Å². The number of carbonyl (C=O) groups excluding carboxylic acids is 1. The van der Waals surface area contributed by atoms with Crippen molar-refractivity contribution in [3.8, 4) is 5.69 Å². The Morgan fingerprint density at radius 1 is 1.31 bits per heavy atom. The molecular formula is C16H15F4N3O3. The molecule has 1 heterocycles. The van der Waals surface area contributed by atoms with E-state index in [1.807, 2.05) is 0 Å². The van der Waals surface area contributed by atoms with E-state index in [4.69, 9.17) is 0 Å². The predicted molar refractivity (Wildman–Crippen MR) is 83.7 cm³/mol. The van der Waals surface area contributed by atoms with Crippen molar-refractivity contribution in [2.24, 2.45) is 0 Å². The van der Waals surface area contributed by atoms with Crippen LogP contribution in [0.3, 0.4) is 0 Å². The van der Waals surface area contributed by atoms with Crippen molar-refractivity contribution < 1.29 is 27.1 Å². The molecule has 0 radical (unpaired) electrons. The lowest BCUT2D eigenvalue weighted by atomic mass is 10.2. The van der Waals surface area contributed by atoms with E-state index >= 15 is 0 Å². The van der Waals surface area contributed by atoms with E-state index < -0.39 is 42.2 Å². The third kappa shape index (κ3) is 5.12. The number of benzene rings is 1. The van der Waals surface area contributed by atoms with Crippen LogP contribution in [0.1, 0.15) is 16.2 Å². The summed E-state index contributed by atoms with van der Waals surface area (Å²) >= 11 is 0. The fourth-order valence-corrected chi connectivity index (χ4v) is 2.08. The van der Waals surface area contributed by atoms with Gasteiger partial charge in [0.05, 0.1) is 6.61 Å². The van der Waals surface area contributed by atoms with E-state index in [9.17, 15) is 27.2 Å². The van der Waals surface area contributed by atoms with E-state index in [1.165, 1.54) is 25.1 Å². The van der Waals surface area contributed by atoms with Gasteiger partial charge in [0.25, 0.3) is 5.91 Å². The Labute approximate surface area is 145 Å². The number of hydrogen-bond acceptors (Lipinski definition) is 4. The van der Waals surface area contributed by atoms with Gasteiger partial charge in [-0.1, -0.05) is 12.1 Å². The van der Waals surface area contributed by atoms with Crippen molar-refractivity contribution >= 4 is 5.91 Å². The summed E-state index contributed by atoms with van der Waals surface area (Å²) in [6.45, 7) is -0.554. The monoisotopic (exact) mass is 373 g/mol. The summed E-state index contributed by atoms with van der Waals surface area (Å²) < 4.78 is 55.2. The van der Waals surface area contributed by atoms with Crippen LogP contribution in [-0.2, 0) is 4.74 Å². The summed E-state index contributed by atoms with van der Waals surface area (Å²) in [5.41, 5.74) is -0.837. The van der Waals surface area contributed by atoms with Crippen molar-refractivity contribution in [2.75, 3.05) is 19.8 Å². The van der Waals surface area contributed by atoms with Gasteiger partial charge in [-0.2, -0.15) is 18.3 Å². The highest BCUT2D eigenvalue weighted by Crippen LogP contribution is 2.14. The highest BCUT2D eigenvalue weighted by molar-refractivity contribution is 5.92. The second-order valence-electron chi connectivity index (χ2n) is 5.29. The predicted octanol–water partition coefficient (Wildman–Crippen LogP) is 1.99. The minimum Gasteiger partial charge on any atom is -0.370 e. The Bertz CT molecular complexity index is 849. The molecule has 0 saturated carbocycles. The summed E-state index contributed by atoms with van der Waals surface area (Å²) in [5, 5.41) is 6.11. The van der Waals surface area contributed by atoms with Crippen LogP contribution in [0.4, 0.5) is 17.6 Å². The maximum absolute atomic E-state index is 13.9. The number of halogens is 4. The van der Waals surface area contributed by atoms with Gasteiger partial charge in [-0.25, -0.2) is 9.07 Å². The van der Waals surface area contributed by atoms with Crippen LogP contribution in [-0.4, -0.2) is 41.6 Å². The van der Waals surface area contributed by atoms with Gasteiger partial charge in [0.15, 0.2) is 5.69 Å². The lowest BCUT2D eigenvalue weighted by Gasteiger charge is -2.12. The Kier molecular flexibility index (Phi) is 6.09. The summed E-state index contributed by atoms with van der Waals surface area (Å²) in [6.07, 6.45) is -4.46. The van der Waals surface area contributed by atoms with E-state index in [1.54, 1.807) is 6.07 Å². The number of ether oxygens (including phenoxy) is 1. The molecule has 0 aliphatic rings. The zero-order valence-electron chi connectivity index (χ0n) is 13.6. The molecule has 140 valence electrons. The smallest absolute Gasteiger partial charge is 0.370 e. The molecule has 0 fully saturated rings. The molecule has 0 unspecified atom stereocenters. The average molecular weight is 373 g/mol. The fraction of sp³-hybridized carbons (Fsp3) is 0.312. The normalized spacial score (nSPS) is 11.4. The molecule has 10 heteroatoms. The quantitative estimate of drug-likeness (QED) is 0.621. The molecule has 2 rings (SSSR count). The second kappa shape index (κ2) is 8.09. The van der Waals surface area contributed by atoms with Gasteiger partial charge in [0, 0.05) is 18.3 Å². The molecule has 0 saturated heterocycles. The molecular weight excluding hydrogens is 358 g/mol. The maximum Gasteiger partial charge on any atom is 0.411 e. The zero-order valence-corrected chi connectivity index (χ0v) is 13.6. The lowest BCUT2D eigenvalue weighted by Crippen LogP contribution is -2.34. The lowest BCUT2D eigenvalue weighted by molar-refractivity contribution is -0.173. The van der Waals surface area contributed by atoms with Crippen LogP contribution >= 0.6 is 0 Å². The van der Waals surface area contributed by atoms with Crippen molar-refractivity contribution in [1.82, 2.24) is 15.1 Å². The Morgan fingerprint density at radius 2 is 2.00 bits per heavy atom. The van der Waals surface area contributed by atoms with Crippen LogP contribution in [0.15, 0.2) is 35.1 Å². The van der Waals surface area contributed by atoms with Crippen molar-refractivity contribution in [1.29, 1.82) is 0 Å². The highest BCUT2D eigenvalue weighted by Gasteiger charge is 2.27. The average Bonchev–Trinajstić information content (AvgIpc) is 2.54. The molecule has 0 spiro atoms. The van der Waals surface area contributed by atoms with Crippen LogP contribution < -0.4 is 10.7 Å². The Hall–Kier alpha value is -2.75. The van der Waals surface area contributed by atoms with Crippen molar-refractivity contribution in [3.05, 3.63) is 57.8 Å². The number of aryl methyl sites for hydroxylation is 1. The van der Waals surface area contributed by atoms with Gasteiger partial charge in [-0.3, -0.25) is 9.59 Å². The van der Waals surface area contributed by atoms with Crippen molar-refractivity contribution in [2.45, 2.75) is 13.1 Å². The third-order valence-electron chi connectivity index (χ3n) is 3.20. The zero-order chi connectivity index (χ0) is 19.3. The van der Waals surface area contributed by atoms with Crippen molar-refractivity contribution in [3.63, 3.8) is 0 Å². The van der Waals surface area contributed by atoms with E-state index in [-0.39, 0.29) is 12.2 Å². The minimum atomic E-state index is -4.46. The molecule has 0 bridgehead atoms. The molecule has 26 heavy (non-hydrogen) atoms. The minimum absolute atomic E-state index is 0.0487. The maximum atomic E-state index is 13.9. The number of aromatic nitrogens is 2. The molecule has 1 N–H and O–H groups in total. The molecule has 0 atom stereocenters. The number of nitrogens with one attached hydrogen (secondary N) is 1. The Morgan fingerprint density at radius 3 is 2.65 bits per heavy atom. The number of amides is 1. The largest absolute Gasteiger partial charge is 0.411 e. The molecule has 1 aromatic carbocycles. The second-order valence-corrected chi connectivity index (χ2v) is 5.29. The van der Waals surface area contributed by atoms with Crippen LogP contribution in [0.25, 0.3) is 5.69 Å². The number of para-hydroxylation sites is 1.